The zero-order chi connectivity index (χ0) is 10.1. The molecule has 3 heteroatoms. The van der Waals surface area contributed by atoms with Gasteiger partial charge in [-0.3, -0.25) is 0 Å². The molecule has 76 valence electrons. The van der Waals surface area contributed by atoms with Crippen molar-refractivity contribution in [1.82, 2.24) is 0 Å². The van der Waals surface area contributed by atoms with Crippen LogP contribution in [0.4, 0.5) is 0 Å². The van der Waals surface area contributed by atoms with E-state index < -0.39 is 0 Å². The number of aliphatic hydroxyl groups excluding tert-OH is 1. The molecule has 0 radical (unpaired) electrons. The lowest BCUT2D eigenvalue weighted by atomic mass is 9.98. The first-order valence-electron chi connectivity index (χ1n) is 4.85. The number of aliphatic hydroxyl groups is 1. The summed E-state index contributed by atoms with van der Waals surface area (Å²) in [4.78, 5) is 0. The topological polar surface area (TPSA) is 55.5 Å². The van der Waals surface area contributed by atoms with E-state index in [0.29, 0.717) is 0 Å². The Morgan fingerprint density at radius 1 is 1.57 bits per heavy atom. The first-order valence-corrected chi connectivity index (χ1v) is 4.85. The van der Waals surface area contributed by atoms with Gasteiger partial charge < -0.3 is 15.6 Å². The molecule has 0 aliphatic carbocycles. The first-order chi connectivity index (χ1) is 6.72. The Labute approximate surface area is 83.5 Å². The molecule has 1 aromatic rings. The Morgan fingerprint density at radius 2 is 2.36 bits per heavy atom. The van der Waals surface area contributed by atoms with Crippen molar-refractivity contribution in [3.63, 3.8) is 0 Å². The zero-order valence-corrected chi connectivity index (χ0v) is 8.29. The molecule has 1 aromatic carbocycles. The van der Waals surface area contributed by atoms with Crippen LogP contribution < -0.4 is 10.5 Å². The lowest BCUT2D eigenvalue weighted by Gasteiger charge is -2.13. The molecule has 1 aliphatic rings. The van der Waals surface area contributed by atoms with Crippen molar-refractivity contribution in [1.29, 1.82) is 0 Å². The largest absolute Gasteiger partial charge is 0.493 e. The van der Waals surface area contributed by atoms with Crippen LogP contribution in [-0.4, -0.2) is 18.3 Å². The van der Waals surface area contributed by atoms with E-state index in [0.717, 1.165) is 29.9 Å². The van der Waals surface area contributed by atoms with E-state index in [1.54, 1.807) is 0 Å². The number of hydrogen-bond acceptors (Lipinski definition) is 3. The van der Waals surface area contributed by atoms with Crippen LogP contribution in [0, 0.1) is 6.92 Å². The number of rotatable bonds is 2. The molecule has 0 saturated carbocycles. The van der Waals surface area contributed by atoms with Crippen LogP contribution in [-0.2, 0) is 6.42 Å². The van der Waals surface area contributed by atoms with E-state index in [4.69, 9.17) is 15.6 Å². The van der Waals surface area contributed by atoms with Gasteiger partial charge in [-0.15, -0.1) is 0 Å². The maximum Gasteiger partial charge on any atom is 0.122 e. The van der Waals surface area contributed by atoms with Gasteiger partial charge in [0, 0.05) is 6.42 Å². The maximum atomic E-state index is 9.00. The average molecular weight is 193 g/mol. The first kappa shape index (κ1) is 9.49. The fourth-order valence-electron chi connectivity index (χ4n) is 1.84. The maximum absolute atomic E-state index is 9.00. The van der Waals surface area contributed by atoms with Gasteiger partial charge in [0.05, 0.1) is 19.3 Å². The molecule has 2 rings (SSSR count). The van der Waals surface area contributed by atoms with E-state index in [1.165, 1.54) is 5.56 Å². The Bertz CT molecular complexity index is 349. The van der Waals surface area contributed by atoms with E-state index in [-0.39, 0.29) is 12.6 Å². The second-order valence-electron chi connectivity index (χ2n) is 3.70. The summed E-state index contributed by atoms with van der Waals surface area (Å²) < 4.78 is 5.44. The van der Waals surface area contributed by atoms with Gasteiger partial charge in [-0.25, -0.2) is 0 Å². The smallest absolute Gasteiger partial charge is 0.122 e. The third-order valence-corrected chi connectivity index (χ3v) is 2.67. The number of nitrogens with two attached hydrogens (primary N) is 1. The highest BCUT2D eigenvalue weighted by atomic mass is 16.5. The Hall–Kier alpha value is -1.06. The van der Waals surface area contributed by atoms with Crippen LogP contribution in [0.5, 0.6) is 5.75 Å². The summed E-state index contributed by atoms with van der Waals surface area (Å²) in [6, 6.07) is 3.78. The summed E-state index contributed by atoms with van der Waals surface area (Å²) >= 11 is 0. The van der Waals surface area contributed by atoms with Crippen molar-refractivity contribution in [3.05, 3.63) is 28.8 Å². The van der Waals surface area contributed by atoms with Crippen LogP contribution in [0.3, 0.4) is 0 Å². The monoisotopic (exact) mass is 193 g/mol. The Balaban J connectivity index is 2.42. The van der Waals surface area contributed by atoms with Crippen molar-refractivity contribution in [2.45, 2.75) is 19.4 Å². The summed E-state index contributed by atoms with van der Waals surface area (Å²) in [5, 5.41) is 9.00. The number of aryl methyl sites for hydroxylation is 1. The zero-order valence-electron chi connectivity index (χ0n) is 8.29. The third kappa shape index (κ3) is 1.49. The van der Waals surface area contributed by atoms with E-state index >= 15 is 0 Å². The number of ether oxygens (including phenoxy) is 1. The normalized spacial score (nSPS) is 16.2. The number of hydrogen-bond donors (Lipinski definition) is 2. The minimum absolute atomic E-state index is 0.0134. The van der Waals surface area contributed by atoms with Crippen molar-refractivity contribution in [2.75, 3.05) is 13.2 Å². The minimum atomic E-state index is -0.277. The van der Waals surface area contributed by atoms with Crippen LogP contribution >= 0.6 is 0 Å². The summed E-state index contributed by atoms with van der Waals surface area (Å²) in [6.07, 6.45) is 0.945. The Kier molecular flexibility index (Phi) is 2.44. The molecule has 0 amide bonds. The van der Waals surface area contributed by atoms with Crippen LogP contribution in [0.2, 0.25) is 0 Å². The van der Waals surface area contributed by atoms with Crippen molar-refractivity contribution >= 4 is 0 Å². The van der Waals surface area contributed by atoms with Gasteiger partial charge in [-0.05, 0) is 29.7 Å². The van der Waals surface area contributed by atoms with Crippen LogP contribution in [0.1, 0.15) is 22.7 Å². The summed E-state index contributed by atoms with van der Waals surface area (Å²) in [7, 11) is 0. The second kappa shape index (κ2) is 3.59. The SMILES string of the molecule is Cc1cc2c(cc1[C@H](N)CO)CCO2. The molecule has 0 spiro atoms. The van der Waals surface area contributed by atoms with Crippen LogP contribution in [0.25, 0.3) is 0 Å². The van der Waals surface area contributed by atoms with Crippen LogP contribution in [0.15, 0.2) is 12.1 Å². The molecule has 3 N–H and O–H groups in total. The van der Waals surface area contributed by atoms with Gasteiger partial charge in [0.25, 0.3) is 0 Å². The van der Waals surface area contributed by atoms with Gasteiger partial charge in [0.1, 0.15) is 5.75 Å². The lowest BCUT2D eigenvalue weighted by Crippen LogP contribution is -2.15. The fourth-order valence-corrected chi connectivity index (χ4v) is 1.84. The van der Waals surface area contributed by atoms with Crippen molar-refractivity contribution < 1.29 is 9.84 Å². The predicted molar refractivity (Wildman–Crippen MR) is 54.4 cm³/mol. The summed E-state index contributed by atoms with van der Waals surface area (Å²) in [5.74, 6) is 0.969. The standard InChI is InChI=1S/C11H15NO2/c1-7-4-11-8(2-3-14-11)5-9(7)10(12)6-13/h4-5,10,13H,2-3,6,12H2,1H3/t10-/m1/s1. The van der Waals surface area contributed by atoms with Gasteiger partial charge in [0.15, 0.2) is 0 Å². The van der Waals surface area contributed by atoms with E-state index in [1.807, 2.05) is 13.0 Å². The summed E-state index contributed by atoms with van der Waals surface area (Å²) in [6.45, 7) is 2.74. The highest BCUT2D eigenvalue weighted by Crippen LogP contribution is 2.30. The molecule has 0 aromatic heterocycles. The number of benzene rings is 1. The highest BCUT2D eigenvalue weighted by molar-refractivity contribution is 5.45. The van der Waals surface area contributed by atoms with Gasteiger partial charge in [-0.2, -0.15) is 0 Å². The Morgan fingerprint density at radius 3 is 3.07 bits per heavy atom. The van der Waals surface area contributed by atoms with Crippen molar-refractivity contribution in [2.24, 2.45) is 5.73 Å². The predicted octanol–water partition coefficient (Wildman–Crippen LogP) is 0.922. The highest BCUT2D eigenvalue weighted by Gasteiger charge is 2.16. The quantitative estimate of drug-likeness (QED) is 0.734. The summed E-state index contributed by atoms with van der Waals surface area (Å²) in [5.41, 5.74) is 9.12. The molecule has 3 nitrogen and oxygen atoms in total. The molecule has 1 heterocycles. The molecule has 0 unspecified atom stereocenters. The van der Waals surface area contributed by atoms with E-state index in [9.17, 15) is 0 Å². The van der Waals surface area contributed by atoms with Crippen molar-refractivity contribution in [3.8, 4) is 5.75 Å². The average Bonchev–Trinajstić information content (AvgIpc) is 2.62. The molecule has 0 saturated heterocycles. The molecule has 1 atom stereocenters. The number of fused-ring (bicyclic) bond motifs is 1. The fraction of sp³-hybridized carbons (Fsp3) is 0.455. The molecule has 0 fully saturated rings. The van der Waals surface area contributed by atoms with E-state index in [2.05, 4.69) is 6.07 Å². The van der Waals surface area contributed by atoms with Gasteiger partial charge >= 0.3 is 0 Å². The third-order valence-electron chi connectivity index (χ3n) is 2.67. The molecule has 1 aliphatic heterocycles. The molecule has 14 heavy (non-hydrogen) atoms. The lowest BCUT2D eigenvalue weighted by molar-refractivity contribution is 0.267. The second-order valence-corrected chi connectivity index (χ2v) is 3.70. The molecular formula is C11H15NO2. The minimum Gasteiger partial charge on any atom is -0.493 e. The van der Waals surface area contributed by atoms with Gasteiger partial charge in [0.2, 0.25) is 0 Å². The molecular weight excluding hydrogens is 178 g/mol. The van der Waals surface area contributed by atoms with Gasteiger partial charge in [-0.1, -0.05) is 6.07 Å². The molecule has 0 bridgehead atoms.